The number of hydrogen-bond acceptors (Lipinski definition) is 7. The average molecular weight is 538 g/mol. The van der Waals surface area contributed by atoms with Crippen molar-refractivity contribution in [1.29, 1.82) is 0 Å². The van der Waals surface area contributed by atoms with Crippen LogP contribution < -0.4 is 5.32 Å². The monoisotopic (exact) mass is 537 g/mol. The first-order valence-electron chi connectivity index (χ1n) is 14.0. The number of methoxy groups -OCH3 is 1. The van der Waals surface area contributed by atoms with Gasteiger partial charge in [-0.3, -0.25) is 24.2 Å². The van der Waals surface area contributed by atoms with Gasteiger partial charge in [0, 0.05) is 26.2 Å². The Bertz CT molecular complexity index is 842. The first-order valence-corrected chi connectivity index (χ1v) is 14.0. The van der Waals surface area contributed by atoms with E-state index in [9.17, 15) is 19.2 Å². The van der Waals surface area contributed by atoms with Crippen molar-refractivity contribution in [3.63, 3.8) is 0 Å². The fraction of sp³-hybridized carbons (Fsp3) is 0.857. The molecular weight excluding hydrogens is 486 g/mol. The van der Waals surface area contributed by atoms with Crippen LogP contribution in [-0.4, -0.2) is 122 Å². The minimum Gasteiger partial charge on any atom is -0.467 e. The Labute approximate surface area is 229 Å². The van der Waals surface area contributed by atoms with Crippen LogP contribution in [0.15, 0.2) is 0 Å². The summed E-state index contributed by atoms with van der Waals surface area (Å²) in [6.45, 7) is 12.1. The van der Waals surface area contributed by atoms with Crippen LogP contribution >= 0.6 is 0 Å². The van der Waals surface area contributed by atoms with Crippen molar-refractivity contribution in [3.8, 4) is 0 Å². The Hall–Kier alpha value is -2.20. The number of nitrogens with one attached hydrogen (secondary N) is 1. The number of hydrogen-bond donors (Lipinski definition) is 1. The predicted molar refractivity (Wildman–Crippen MR) is 147 cm³/mol. The van der Waals surface area contributed by atoms with Gasteiger partial charge in [0.2, 0.25) is 17.7 Å². The SMILES string of the molecule is COC(=O)[C@@H]1CCCN1C(=O)CN(C)C[C@H](C(C)C)N(C)C(=O)[C@@H](NC(=O)C1CCCCN1C)C(C)(C)C. The fourth-order valence-electron chi connectivity index (χ4n) is 5.59. The minimum absolute atomic E-state index is 0.0940. The Morgan fingerprint density at radius 3 is 2.18 bits per heavy atom. The smallest absolute Gasteiger partial charge is 0.328 e. The van der Waals surface area contributed by atoms with Crippen molar-refractivity contribution in [1.82, 2.24) is 24.9 Å². The molecule has 0 aromatic carbocycles. The first-order chi connectivity index (χ1) is 17.7. The zero-order valence-electron chi connectivity index (χ0n) is 25.1. The molecule has 0 aromatic heterocycles. The van der Waals surface area contributed by atoms with Crippen molar-refractivity contribution < 1.29 is 23.9 Å². The highest BCUT2D eigenvalue weighted by molar-refractivity contribution is 5.90. The van der Waals surface area contributed by atoms with Gasteiger partial charge in [-0.05, 0) is 57.7 Å². The van der Waals surface area contributed by atoms with E-state index in [1.165, 1.54) is 7.11 Å². The molecule has 1 unspecified atom stereocenters. The van der Waals surface area contributed by atoms with Crippen LogP contribution in [0.1, 0.15) is 66.7 Å². The van der Waals surface area contributed by atoms with E-state index >= 15 is 0 Å². The first kappa shape index (κ1) is 32.0. The molecule has 0 saturated carbocycles. The number of esters is 1. The summed E-state index contributed by atoms with van der Waals surface area (Å²) in [7, 11) is 6.95. The van der Waals surface area contributed by atoms with Crippen molar-refractivity contribution in [2.24, 2.45) is 11.3 Å². The molecule has 218 valence electrons. The molecule has 2 heterocycles. The van der Waals surface area contributed by atoms with E-state index in [2.05, 4.69) is 24.1 Å². The number of likely N-dealkylation sites (N-methyl/N-ethyl adjacent to an activating group) is 3. The third-order valence-electron chi connectivity index (χ3n) is 8.04. The summed E-state index contributed by atoms with van der Waals surface area (Å²) >= 11 is 0. The quantitative estimate of drug-likeness (QED) is 0.422. The highest BCUT2D eigenvalue weighted by Crippen LogP contribution is 2.25. The van der Waals surface area contributed by atoms with Gasteiger partial charge in [0.1, 0.15) is 12.1 Å². The normalized spacial score (nSPS) is 22.3. The zero-order chi connectivity index (χ0) is 28.8. The third kappa shape index (κ3) is 8.15. The summed E-state index contributed by atoms with van der Waals surface area (Å²) in [6, 6.07) is -1.59. The summed E-state index contributed by atoms with van der Waals surface area (Å²) in [5.74, 6) is -0.597. The lowest BCUT2D eigenvalue weighted by molar-refractivity contribution is -0.151. The topological polar surface area (TPSA) is 102 Å². The molecule has 0 aliphatic carbocycles. The minimum atomic E-state index is -0.672. The van der Waals surface area contributed by atoms with Gasteiger partial charge in [0.25, 0.3) is 0 Å². The standard InChI is InChI=1S/C28H51N5O5/c1-19(2)22(17-30(6)18-23(34)33-16-12-14-21(33)27(37)38-9)32(8)26(36)24(28(3,4)5)29-25(35)20-13-10-11-15-31(20)7/h19-22,24H,10-18H2,1-9H3,(H,29,35)/t20?,21-,22+,24+/m0/s1. The molecule has 0 aromatic rings. The maximum Gasteiger partial charge on any atom is 0.328 e. The molecule has 2 aliphatic rings. The molecule has 10 nitrogen and oxygen atoms in total. The average Bonchev–Trinajstić information content (AvgIpc) is 3.34. The highest BCUT2D eigenvalue weighted by atomic mass is 16.5. The van der Waals surface area contributed by atoms with Crippen molar-refractivity contribution in [2.75, 3.05) is 54.4 Å². The number of likely N-dealkylation sites (tertiary alicyclic amines) is 2. The maximum absolute atomic E-state index is 13.9. The second-order valence-corrected chi connectivity index (χ2v) is 12.5. The zero-order valence-corrected chi connectivity index (χ0v) is 25.1. The van der Waals surface area contributed by atoms with Crippen LogP contribution in [0.2, 0.25) is 0 Å². The lowest BCUT2D eigenvalue weighted by Gasteiger charge is -2.40. The van der Waals surface area contributed by atoms with Crippen LogP contribution in [0.5, 0.6) is 0 Å². The van der Waals surface area contributed by atoms with Gasteiger partial charge in [0.05, 0.1) is 19.7 Å². The van der Waals surface area contributed by atoms with Crippen molar-refractivity contribution >= 4 is 23.7 Å². The van der Waals surface area contributed by atoms with Crippen molar-refractivity contribution in [3.05, 3.63) is 0 Å². The molecule has 2 rings (SSSR count). The molecule has 10 heteroatoms. The number of ether oxygens (including phenoxy) is 1. The second-order valence-electron chi connectivity index (χ2n) is 12.5. The van der Waals surface area contributed by atoms with E-state index in [0.717, 1.165) is 32.2 Å². The number of carbonyl (C=O) groups is 4. The third-order valence-corrected chi connectivity index (χ3v) is 8.04. The van der Waals surface area contributed by atoms with E-state index in [0.29, 0.717) is 19.5 Å². The maximum atomic E-state index is 13.9. The number of nitrogens with zero attached hydrogens (tertiary/aromatic N) is 4. The number of rotatable bonds is 10. The molecule has 0 radical (unpaired) electrons. The van der Waals surface area contributed by atoms with Crippen LogP contribution in [0.25, 0.3) is 0 Å². The van der Waals surface area contributed by atoms with Crippen LogP contribution in [0.4, 0.5) is 0 Å². The van der Waals surface area contributed by atoms with Gasteiger partial charge < -0.3 is 19.9 Å². The Morgan fingerprint density at radius 2 is 1.63 bits per heavy atom. The molecule has 0 bridgehead atoms. The van der Waals surface area contributed by atoms with Gasteiger partial charge >= 0.3 is 5.97 Å². The molecule has 2 fully saturated rings. The summed E-state index contributed by atoms with van der Waals surface area (Å²) in [6.07, 6.45) is 4.28. The van der Waals surface area contributed by atoms with Crippen molar-refractivity contribution in [2.45, 2.75) is 90.9 Å². The fourth-order valence-corrected chi connectivity index (χ4v) is 5.59. The predicted octanol–water partition coefficient (Wildman–Crippen LogP) is 1.58. The molecule has 0 spiro atoms. The van der Waals surface area contributed by atoms with Crippen LogP contribution in [-0.2, 0) is 23.9 Å². The van der Waals surface area contributed by atoms with Gasteiger partial charge in [-0.2, -0.15) is 0 Å². The molecule has 3 amide bonds. The number of carbonyl (C=O) groups excluding carboxylic acids is 4. The summed E-state index contributed by atoms with van der Waals surface area (Å²) in [4.78, 5) is 59.5. The van der Waals surface area contributed by atoms with E-state index in [-0.39, 0.29) is 48.2 Å². The Kier molecular flexibility index (Phi) is 11.6. The van der Waals surface area contributed by atoms with E-state index < -0.39 is 17.5 Å². The summed E-state index contributed by atoms with van der Waals surface area (Å²) < 4.78 is 4.87. The summed E-state index contributed by atoms with van der Waals surface area (Å²) in [5, 5.41) is 3.09. The van der Waals surface area contributed by atoms with Gasteiger partial charge in [-0.25, -0.2) is 4.79 Å². The second kappa shape index (κ2) is 13.7. The molecular formula is C28H51N5O5. The Balaban J connectivity index is 2.10. The molecule has 2 aliphatic heterocycles. The molecule has 2 saturated heterocycles. The number of amides is 3. The van der Waals surface area contributed by atoms with Crippen LogP contribution in [0, 0.1) is 11.3 Å². The van der Waals surface area contributed by atoms with Gasteiger partial charge in [-0.1, -0.05) is 41.0 Å². The lowest BCUT2D eigenvalue weighted by atomic mass is 9.84. The molecule has 4 atom stereocenters. The summed E-state index contributed by atoms with van der Waals surface area (Å²) in [5.41, 5.74) is -0.476. The van der Waals surface area contributed by atoms with Gasteiger partial charge in [-0.15, -0.1) is 0 Å². The molecule has 1 N–H and O–H groups in total. The highest BCUT2D eigenvalue weighted by Gasteiger charge is 2.40. The van der Waals surface area contributed by atoms with Crippen LogP contribution in [0.3, 0.4) is 0 Å². The van der Waals surface area contributed by atoms with E-state index in [1.54, 1.807) is 16.8 Å². The van der Waals surface area contributed by atoms with E-state index in [4.69, 9.17) is 4.74 Å². The lowest BCUT2D eigenvalue weighted by Crippen LogP contribution is -2.60. The van der Waals surface area contributed by atoms with Gasteiger partial charge in [0.15, 0.2) is 0 Å². The largest absolute Gasteiger partial charge is 0.467 e. The van der Waals surface area contributed by atoms with E-state index in [1.807, 2.05) is 39.8 Å². The molecule has 38 heavy (non-hydrogen) atoms. The number of piperidine rings is 1. The Morgan fingerprint density at radius 1 is 1.00 bits per heavy atom.